The lowest BCUT2D eigenvalue weighted by molar-refractivity contribution is -0.338. The number of hydrogen-bond donors (Lipinski definition) is 9. The van der Waals surface area contributed by atoms with Crippen LogP contribution in [-0.2, 0) is 42.1 Å². The van der Waals surface area contributed by atoms with E-state index >= 15 is 0 Å². The fraction of sp³-hybridized carbons (Fsp3) is 0.953. The Balaban J connectivity index is 2.00. The molecule has 2 rings (SSSR count). The van der Waals surface area contributed by atoms with Crippen molar-refractivity contribution in [2.45, 2.75) is 241 Å². The number of unbranched alkanes of at least 4 members (excludes halogenated alkanes) is 20. The number of aliphatic hydroxyl groups excluding tert-OH is 8. The summed E-state index contributed by atoms with van der Waals surface area (Å²) in [5, 5.41) is 82.7. The molecule has 0 bridgehead atoms. The minimum Gasteiger partial charge on any atom is -0.462 e. The third-order valence-corrected chi connectivity index (χ3v) is 12.5. The Labute approximate surface area is 368 Å². The molecule has 0 aromatic rings. The van der Waals surface area contributed by atoms with Crippen molar-refractivity contribution in [3.8, 4) is 0 Å². The number of hydrogen-bond acceptors (Lipinski definition) is 17. The van der Waals surface area contributed by atoms with Crippen LogP contribution in [0.3, 0.4) is 0 Å². The zero-order valence-electron chi connectivity index (χ0n) is 37.2. The summed E-state index contributed by atoms with van der Waals surface area (Å²) in [5.74, 6) is -1.21. The van der Waals surface area contributed by atoms with Crippen molar-refractivity contribution in [2.24, 2.45) is 0 Å². The van der Waals surface area contributed by atoms with Gasteiger partial charge in [0.25, 0.3) is 0 Å². The van der Waals surface area contributed by atoms with Gasteiger partial charge in [0.2, 0.25) is 0 Å². The summed E-state index contributed by atoms with van der Waals surface area (Å²) in [5.41, 5.74) is 0. The van der Waals surface area contributed by atoms with E-state index in [1.807, 2.05) is 0 Å². The van der Waals surface area contributed by atoms with Crippen LogP contribution in [0.1, 0.15) is 168 Å². The molecule has 366 valence electrons. The van der Waals surface area contributed by atoms with Crippen LogP contribution in [0.25, 0.3) is 0 Å². The molecular weight excluding hydrogens is 835 g/mol. The van der Waals surface area contributed by atoms with Crippen LogP contribution in [0.4, 0.5) is 0 Å². The Morgan fingerprint density at radius 3 is 1.44 bits per heavy atom. The molecule has 0 aromatic heterocycles. The maximum Gasteiger partial charge on any atom is 0.472 e. The molecule has 13 atom stereocenters. The highest BCUT2D eigenvalue weighted by Crippen LogP contribution is 2.48. The molecule has 62 heavy (non-hydrogen) atoms. The number of phosphoric acid groups is 1. The van der Waals surface area contributed by atoms with Gasteiger partial charge in [-0.25, -0.2) is 4.57 Å². The van der Waals surface area contributed by atoms with Crippen molar-refractivity contribution in [1.29, 1.82) is 0 Å². The second-order valence-corrected chi connectivity index (χ2v) is 18.4. The highest BCUT2D eigenvalue weighted by molar-refractivity contribution is 7.47. The maximum atomic E-state index is 13.3. The SMILES string of the molecule is CCCCCCCCCCCCCC(=O)OC[C@@H](COP(=O)(O)OC1[C@H](O[C@H]2OC(CO)[C@@H](O)C(O)C2O)C(O)C(O)[C@H](O)[C@@H]1O)OC(=O)CCCCCCCCCCCCC. The minimum atomic E-state index is -5.36. The van der Waals surface area contributed by atoms with E-state index in [9.17, 15) is 59.9 Å². The second kappa shape index (κ2) is 32.3. The lowest BCUT2D eigenvalue weighted by atomic mass is 9.84. The third-order valence-electron chi connectivity index (χ3n) is 11.6. The molecule has 1 saturated carbocycles. The van der Waals surface area contributed by atoms with Crippen molar-refractivity contribution >= 4 is 19.8 Å². The highest BCUT2D eigenvalue weighted by Gasteiger charge is 2.55. The van der Waals surface area contributed by atoms with Gasteiger partial charge in [-0.2, -0.15) is 0 Å². The first-order chi connectivity index (χ1) is 29.7. The molecule has 1 aliphatic heterocycles. The van der Waals surface area contributed by atoms with Gasteiger partial charge in [0, 0.05) is 12.8 Å². The van der Waals surface area contributed by atoms with E-state index in [0.717, 1.165) is 51.4 Å². The van der Waals surface area contributed by atoms with E-state index in [2.05, 4.69) is 13.8 Å². The molecule has 19 heteroatoms. The van der Waals surface area contributed by atoms with Crippen LogP contribution < -0.4 is 0 Å². The van der Waals surface area contributed by atoms with Crippen LogP contribution in [-0.4, -0.2) is 151 Å². The molecule has 1 aliphatic carbocycles. The number of esters is 2. The topological polar surface area (TPSA) is 289 Å². The van der Waals surface area contributed by atoms with Gasteiger partial charge in [-0.05, 0) is 12.8 Å². The average molecular weight is 917 g/mol. The predicted molar refractivity (Wildman–Crippen MR) is 226 cm³/mol. The van der Waals surface area contributed by atoms with Crippen molar-refractivity contribution in [3.63, 3.8) is 0 Å². The van der Waals surface area contributed by atoms with Gasteiger partial charge >= 0.3 is 19.8 Å². The summed E-state index contributed by atoms with van der Waals surface area (Å²) in [6.07, 6.45) is 0.739. The molecule has 2 fully saturated rings. The number of ether oxygens (including phenoxy) is 4. The lowest BCUT2D eigenvalue weighted by Gasteiger charge is -2.47. The molecular formula is C43H81O18P. The lowest BCUT2D eigenvalue weighted by Crippen LogP contribution is -2.67. The van der Waals surface area contributed by atoms with Crippen LogP contribution in [0, 0.1) is 0 Å². The third kappa shape index (κ3) is 21.8. The van der Waals surface area contributed by atoms with Crippen molar-refractivity contribution in [2.75, 3.05) is 19.8 Å². The maximum absolute atomic E-state index is 13.3. The van der Waals surface area contributed by atoms with E-state index in [4.69, 9.17) is 28.0 Å². The number of carbonyl (C=O) groups excluding carboxylic acids is 2. The summed E-state index contributed by atoms with van der Waals surface area (Å²) < 4.78 is 45.3. The summed E-state index contributed by atoms with van der Waals surface area (Å²) in [7, 11) is -5.36. The summed E-state index contributed by atoms with van der Waals surface area (Å²) in [4.78, 5) is 36.3. The molecule has 2 aliphatic rings. The monoisotopic (exact) mass is 917 g/mol. The Bertz CT molecular complexity index is 1230. The quantitative estimate of drug-likeness (QED) is 0.0247. The molecule has 1 saturated heterocycles. The molecule has 7 unspecified atom stereocenters. The first kappa shape index (κ1) is 56.8. The van der Waals surface area contributed by atoms with Crippen LogP contribution in [0.15, 0.2) is 0 Å². The standard InChI is InChI=1S/C43H81O18P/c1-3-5-7-9-11-13-15-17-19-21-23-25-32(45)56-28-30(58-33(46)26-24-22-20-18-16-14-12-10-8-6-4-2)29-57-62(54,55)61-42-39(52)37(50)36(49)38(51)41(42)60-43-40(53)35(48)34(47)31(27-44)59-43/h30-31,34-44,47-53H,3-29H2,1-2H3,(H,54,55)/t30-,31?,34+,35?,36?,37-,38?,39-,40?,41+,42?,43+/m0/s1. The van der Waals surface area contributed by atoms with E-state index in [1.54, 1.807) is 0 Å². The zero-order valence-corrected chi connectivity index (χ0v) is 38.1. The number of aliphatic hydroxyl groups is 8. The molecule has 0 spiro atoms. The fourth-order valence-electron chi connectivity index (χ4n) is 7.64. The van der Waals surface area contributed by atoms with E-state index in [1.165, 1.54) is 77.0 Å². The van der Waals surface area contributed by atoms with E-state index in [0.29, 0.717) is 12.8 Å². The molecule has 0 amide bonds. The van der Waals surface area contributed by atoms with Gasteiger partial charge in [0.05, 0.1) is 13.2 Å². The van der Waals surface area contributed by atoms with Gasteiger partial charge in [0.15, 0.2) is 12.4 Å². The van der Waals surface area contributed by atoms with Crippen LogP contribution in [0.2, 0.25) is 0 Å². The smallest absolute Gasteiger partial charge is 0.462 e. The van der Waals surface area contributed by atoms with E-state index in [-0.39, 0.29) is 12.8 Å². The van der Waals surface area contributed by atoms with Gasteiger partial charge in [-0.3, -0.25) is 18.6 Å². The Hall–Kier alpha value is -1.35. The Morgan fingerprint density at radius 1 is 0.548 bits per heavy atom. The summed E-state index contributed by atoms with van der Waals surface area (Å²) in [6, 6.07) is 0. The second-order valence-electron chi connectivity index (χ2n) is 17.0. The normalized spacial score (nSPS) is 29.2. The van der Waals surface area contributed by atoms with Crippen molar-refractivity contribution < 1.29 is 87.9 Å². The van der Waals surface area contributed by atoms with Crippen LogP contribution >= 0.6 is 7.82 Å². The predicted octanol–water partition coefficient (Wildman–Crippen LogP) is 3.99. The average Bonchev–Trinajstić information content (AvgIpc) is 3.25. The Morgan fingerprint density at radius 2 is 0.968 bits per heavy atom. The number of rotatable bonds is 35. The summed E-state index contributed by atoms with van der Waals surface area (Å²) in [6.45, 7) is 2.19. The van der Waals surface area contributed by atoms with E-state index < -0.39 is 113 Å². The highest BCUT2D eigenvalue weighted by atomic mass is 31.2. The fourth-order valence-corrected chi connectivity index (χ4v) is 8.61. The van der Waals surface area contributed by atoms with Gasteiger partial charge in [-0.1, -0.05) is 142 Å². The van der Waals surface area contributed by atoms with Gasteiger partial charge < -0.3 is 64.7 Å². The largest absolute Gasteiger partial charge is 0.472 e. The zero-order chi connectivity index (χ0) is 45.9. The van der Waals surface area contributed by atoms with Gasteiger partial charge in [-0.15, -0.1) is 0 Å². The molecule has 9 N–H and O–H groups in total. The first-order valence-electron chi connectivity index (χ1n) is 23.4. The Kier molecular flexibility index (Phi) is 29.6. The number of phosphoric ester groups is 1. The first-order valence-corrected chi connectivity index (χ1v) is 24.9. The number of carbonyl (C=O) groups is 2. The van der Waals surface area contributed by atoms with Gasteiger partial charge in [0.1, 0.15) is 67.6 Å². The van der Waals surface area contributed by atoms with Crippen molar-refractivity contribution in [1.82, 2.24) is 0 Å². The van der Waals surface area contributed by atoms with Crippen molar-refractivity contribution in [3.05, 3.63) is 0 Å². The summed E-state index contributed by atoms with van der Waals surface area (Å²) >= 11 is 0. The molecule has 18 nitrogen and oxygen atoms in total. The minimum absolute atomic E-state index is 0.0385. The van der Waals surface area contributed by atoms with Crippen LogP contribution in [0.5, 0.6) is 0 Å². The molecule has 0 aromatic carbocycles. The molecule has 0 radical (unpaired) electrons. The molecule has 1 heterocycles.